The van der Waals surface area contributed by atoms with Crippen molar-refractivity contribution in [1.82, 2.24) is 10.3 Å². The van der Waals surface area contributed by atoms with Crippen molar-refractivity contribution < 1.29 is 0 Å². The topological polar surface area (TPSA) is 24.9 Å². The lowest BCUT2D eigenvalue weighted by atomic mass is 9.93. The summed E-state index contributed by atoms with van der Waals surface area (Å²) in [5.41, 5.74) is 1.42. The number of nitrogens with zero attached hydrogens (tertiary/aromatic N) is 1. The van der Waals surface area contributed by atoms with Crippen LogP contribution in [0.25, 0.3) is 0 Å². The number of hydrogen-bond donors (Lipinski definition) is 1. The van der Waals surface area contributed by atoms with Crippen molar-refractivity contribution in [3.05, 3.63) is 16.1 Å². The summed E-state index contributed by atoms with van der Waals surface area (Å²) in [6.45, 7) is 10.1. The predicted molar refractivity (Wildman–Crippen MR) is 74.7 cm³/mol. The van der Waals surface area contributed by atoms with Crippen molar-refractivity contribution >= 4 is 11.3 Å². The zero-order valence-corrected chi connectivity index (χ0v) is 12.2. The molecule has 1 aliphatic rings. The average Bonchev–Trinajstić information content (AvgIpc) is 2.93. The Morgan fingerprint density at radius 3 is 2.71 bits per heavy atom. The van der Waals surface area contributed by atoms with Crippen molar-refractivity contribution in [3.63, 3.8) is 0 Å². The van der Waals surface area contributed by atoms with E-state index in [1.807, 2.05) is 11.3 Å². The summed E-state index contributed by atoms with van der Waals surface area (Å²) in [5.74, 6) is 0.689. The van der Waals surface area contributed by atoms with Gasteiger partial charge >= 0.3 is 0 Å². The van der Waals surface area contributed by atoms with E-state index in [4.69, 9.17) is 4.98 Å². The number of aromatic nitrogens is 1. The first-order valence-electron chi connectivity index (χ1n) is 6.63. The first kappa shape index (κ1) is 13.0. The molecule has 0 spiro atoms. The van der Waals surface area contributed by atoms with Gasteiger partial charge in [0.25, 0.3) is 0 Å². The predicted octanol–water partition coefficient (Wildman–Crippen LogP) is 3.37. The molecule has 0 radical (unpaired) electrons. The molecule has 0 saturated heterocycles. The highest BCUT2D eigenvalue weighted by Gasteiger charge is 2.21. The third-order valence-corrected chi connectivity index (χ3v) is 4.05. The Hall–Kier alpha value is -0.410. The van der Waals surface area contributed by atoms with Crippen LogP contribution < -0.4 is 5.32 Å². The second kappa shape index (κ2) is 5.07. The molecule has 0 aromatic carbocycles. The minimum absolute atomic E-state index is 0.185. The van der Waals surface area contributed by atoms with Crippen LogP contribution in [0.3, 0.4) is 0 Å². The standard InChI is InChI=1S/C14H24N2S/c1-10(8-15-11-5-6-11)7-13-16-12(9-17-13)14(2,3)4/h9-11,15H,5-8H2,1-4H3. The smallest absolute Gasteiger partial charge is 0.0931 e. The Morgan fingerprint density at radius 2 is 2.18 bits per heavy atom. The Kier molecular flexibility index (Phi) is 3.88. The van der Waals surface area contributed by atoms with E-state index in [9.17, 15) is 0 Å². The Bertz CT molecular complexity index is 361. The summed E-state index contributed by atoms with van der Waals surface area (Å²) < 4.78 is 0. The van der Waals surface area contributed by atoms with Gasteiger partial charge in [0.1, 0.15) is 0 Å². The zero-order valence-electron chi connectivity index (χ0n) is 11.4. The molecule has 1 aromatic rings. The van der Waals surface area contributed by atoms with Crippen LogP contribution in [0.1, 0.15) is 51.2 Å². The monoisotopic (exact) mass is 252 g/mol. The van der Waals surface area contributed by atoms with E-state index in [0.29, 0.717) is 5.92 Å². The van der Waals surface area contributed by atoms with Crippen LogP contribution >= 0.6 is 11.3 Å². The first-order chi connectivity index (χ1) is 7.95. The molecule has 1 fully saturated rings. The molecule has 1 saturated carbocycles. The lowest BCUT2D eigenvalue weighted by Gasteiger charge is -2.14. The van der Waals surface area contributed by atoms with Gasteiger partial charge in [-0.1, -0.05) is 27.7 Å². The molecule has 0 bridgehead atoms. The third-order valence-electron chi connectivity index (χ3n) is 3.18. The molecular weight excluding hydrogens is 228 g/mol. The Labute approximate surface area is 109 Å². The first-order valence-corrected chi connectivity index (χ1v) is 7.51. The third kappa shape index (κ3) is 4.07. The molecule has 1 aromatic heterocycles. The molecule has 3 heteroatoms. The fourth-order valence-electron chi connectivity index (χ4n) is 1.77. The van der Waals surface area contributed by atoms with Crippen LogP contribution in [-0.4, -0.2) is 17.6 Å². The molecule has 96 valence electrons. The maximum absolute atomic E-state index is 4.75. The number of hydrogen-bond acceptors (Lipinski definition) is 3. The molecule has 1 aliphatic carbocycles. The second-order valence-electron chi connectivity index (χ2n) is 6.37. The SMILES string of the molecule is CC(CNC1CC1)Cc1nc(C(C)(C)C)cs1. The van der Waals surface area contributed by atoms with Crippen LogP contribution in [0.2, 0.25) is 0 Å². The summed E-state index contributed by atoms with van der Waals surface area (Å²) in [5, 5.41) is 7.10. The largest absolute Gasteiger partial charge is 0.314 e. The van der Waals surface area contributed by atoms with E-state index in [0.717, 1.165) is 19.0 Å². The van der Waals surface area contributed by atoms with Gasteiger partial charge in [-0.2, -0.15) is 0 Å². The molecule has 2 nitrogen and oxygen atoms in total. The highest BCUT2D eigenvalue weighted by Crippen LogP contribution is 2.25. The van der Waals surface area contributed by atoms with Gasteiger partial charge in [-0.15, -0.1) is 11.3 Å². The summed E-state index contributed by atoms with van der Waals surface area (Å²) in [7, 11) is 0. The van der Waals surface area contributed by atoms with Gasteiger partial charge in [0.2, 0.25) is 0 Å². The highest BCUT2D eigenvalue weighted by molar-refractivity contribution is 7.09. The summed E-state index contributed by atoms with van der Waals surface area (Å²) >= 11 is 1.82. The maximum Gasteiger partial charge on any atom is 0.0931 e. The quantitative estimate of drug-likeness (QED) is 0.869. The summed E-state index contributed by atoms with van der Waals surface area (Å²) in [6, 6.07) is 0.818. The van der Waals surface area contributed by atoms with Crippen molar-refractivity contribution in [2.24, 2.45) is 5.92 Å². The normalized spacial score (nSPS) is 18.4. The fraction of sp³-hybridized carbons (Fsp3) is 0.786. The van der Waals surface area contributed by atoms with Crippen LogP contribution in [0.5, 0.6) is 0 Å². The van der Waals surface area contributed by atoms with Gasteiger partial charge < -0.3 is 5.32 Å². The van der Waals surface area contributed by atoms with Crippen molar-refractivity contribution in [1.29, 1.82) is 0 Å². The molecule has 2 rings (SSSR count). The average molecular weight is 252 g/mol. The molecule has 0 aliphatic heterocycles. The second-order valence-corrected chi connectivity index (χ2v) is 7.31. The zero-order chi connectivity index (χ0) is 12.5. The molecule has 1 unspecified atom stereocenters. The Morgan fingerprint density at radius 1 is 1.47 bits per heavy atom. The van der Waals surface area contributed by atoms with E-state index < -0.39 is 0 Å². The van der Waals surface area contributed by atoms with E-state index in [1.165, 1.54) is 23.5 Å². The molecule has 0 amide bonds. The van der Waals surface area contributed by atoms with E-state index in [-0.39, 0.29) is 5.41 Å². The van der Waals surface area contributed by atoms with Gasteiger partial charge in [0, 0.05) is 23.3 Å². The van der Waals surface area contributed by atoms with Gasteiger partial charge in [0.15, 0.2) is 0 Å². The van der Waals surface area contributed by atoms with Crippen LogP contribution in [0, 0.1) is 5.92 Å². The van der Waals surface area contributed by atoms with E-state index >= 15 is 0 Å². The lowest BCUT2D eigenvalue weighted by Crippen LogP contribution is -2.24. The number of rotatable bonds is 5. The Balaban J connectivity index is 1.82. The van der Waals surface area contributed by atoms with Crippen molar-refractivity contribution in [3.8, 4) is 0 Å². The van der Waals surface area contributed by atoms with Crippen LogP contribution in [0.15, 0.2) is 5.38 Å². The molecule has 1 heterocycles. The van der Waals surface area contributed by atoms with Crippen LogP contribution in [0.4, 0.5) is 0 Å². The van der Waals surface area contributed by atoms with Crippen molar-refractivity contribution in [2.45, 2.75) is 58.4 Å². The van der Waals surface area contributed by atoms with Crippen LogP contribution in [-0.2, 0) is 11.8 Å². The molecule has 1 N–H and O–H groups in total. The lowest BCUT2D eigenvalue weighted by molar-refractivity contribution is 0.505. The van der Waals surface area contributed by atoms with Gasteiger partial charge in [-0.3, -0.25) is 0 Å². The minimum atomic E-state index is 0.185. The van der Waals surface area contributed by atoms with Gasteiger partial charge in [-0.05, 0) is 25.3 Å². The minimum Gasteiger partial charge on any atom is -0.314 e. The fourth-order valence-corrected chi connectivity index (χ4v) is 2.96. The van der Waals surface area contributed by atoms with E-state index in [1.54, 1.807) is 0 Å². The number of nitrogens with one attached hydrogen (secondary N) is 1. The maximum atomic E-state index is 4.75. The highest BCUT2D eigenvalue weighted by atomic mass is 32.1. The molecular formula is C14H24N2S. The molecule has 17 heavy (non-hydrogen) atoms. The summed E-state index contributed by atoms with van der Waals surface area (Å²) in [4.78, 5) is 4.75. The number of thiazole rings is 1. The molecule has 1 atom stereocenters. The van der Waals surface area contributed by atoms with E-state index in [2.05, 4.69) is 38.4 Å². The van der Waals surface area contributed by atoms with Gasteiger partial charge in [0.05, 0.1) is 10.7 Å². The summed E-state index contributed by atoms with van der Waals surface area (Å²) in [6.07, 6.45) is 3.86. The van der Waals surface area contributed by atoms with Crippen molar-refractivity contribution in [2.75, 3.05) is 6.54 Å². The van der Waals surface area contributed by atoms with Gasteiger partial charge in [-0.25, -0.2) is 4.98 Å².